The zero-order valence-electron chi connectivity index (χ0n) is 7.35. The van der Waals surface area contributed by atoms with Crippen molar-refractivity contribution in [1.82, 2.24) is 9.97 Å². The van der Waals surface area contributed by atoms with E-state index in [2.05, 4.69) is 9.97 Å². The number of aliphatic carboxylic acids is 1. The van der Waals surface area contributed by atoms with E-state index in [9.17, 15) is 9.59 Å². The van der Waals surface area contributed by atoms with E-state index in [0.29, 0.717) is 0 Å². The van der Waals surface area contributed by atoms with Gasteiger partial charge in [0.1, 0.15) is 11.1 Å². The van der Waals surface area contributed by atoms with Gasteiger partial charge in [0.15, 0.2) is 5.16 Å². The van der Waals surface area contributed by atoms with Crippen molar-refractivity contribution in [3.63, 3.8) is 0 Å². The molecule has 0 aliphatic heterocycles. The van der Waals surface area contributed by atoms with E-state index in [4.69, 9.17) is 10.8 Å². The summed E-state index contributed by atoms with van der Waals surface area (Å²) in [7, 11) is 0. The van der Waals surface area contributed by atoms with Crippen molar-refractivity contribution in [2.45, 2.75) is 17.3 Å². The van der Waals surface area contributed by atoms with Crippen molar-refractivity contribution in [2.24, 2.45) is 0 Å². The highest BCUT2D eigenvalue weighted by molar-refractivity contribution is 8.00. The van der Waals surface area contributed by atoms with Crippen molar-refractivity contribution >= 4 is 23.5 Å². The van der Waals surface area contributed by atoms with Gasteiger partial charge >= 0.3 is 5.97 Å². The Morgan fingerprint density at radius 1 is 1.79 bits per heavy atom. The van der Waals surface area contributed by atoms with E-state index in [1.54, 1.807) is 0 Å². The van der Waals surface area contributed by atoms with Gasteiger partial charge in [0.2, 0.25) is 0 Å². The molecule has 1 rings (SSSR count). The van der Waals surface area contributed by atoms with Gasteiger partial charge in [-0.2, -0.15) is 0 Å². The zero-order valence-corrected chi connectivity index (χ0v) is 8.17. The minimum Gasteiger partial charge on any atom is -0.480 e. The summed E-state index contributed by atoms with van der Waals surface area (Å²) < 4.78 is 0. The Hall–Kier alpha value is -1.50. The molecule has 0 saturated heterocycles. The minimum atomic E-state index is -0.972. The van der Waals surface area contributed by atoms with E-state index in [-0.39, 0.29) is 11.0 Å². The summed E-state index contributed by atoms with van der Waals surface area (Å²) in [5, 5.41) is 8.14. The predicted molar refractivity (Wildman–Crippen MR) is 52.2 cm³/mol. The number of hydrogen-bond donors (Lipinski definition) is 3. The van der Waals surface area contributed by atoms with Crippen LogP contribution in [0.5, 0.6) is 0 Å². The van der Waals surface area contributed by atoms with Crippen LogP contribution in [0.25, 0.3) is 0 Å². The van der Waals surface area contributed by atoms with Crippen LogP contribution in [-0.4, -0.2) is 26.3 Å². The van der Waals surface area contributed by atoms with E-state index < -0.39 is 16.8 Å². The highest BCUT2D eigenvalue weighted by atomic mass is 32.2. The molecule has 0 aromatic carbocycles. The van der Waals surface area contributed by atoms with Crippen molar-refractivity contribution in [3.8, 4) is 0 Å². The number of rotatable bonds is 3. The highest BCUT2D eigenvalue weighted by Gasteiger charge is 2.13. The second-order valence-electron chi connectivity index (χ2n) is 2.57. The fraction of sp³-hybridized carbons (Fsp3) is 0.286. The summed E-state index contributed by atoms with van der Waals surface area (Å²) in [6.45, 7) is 1.50. The maximum Gasteiger partial charge on any atom is 0.316 e. The van der Waals surface area contributed by atoms with Crippen LogP contribution in [0, 0.1) is 0 Å². The standard InChI is InChI=1S/C7H9N3O3S/c1-3(6(12)13)14-7-9-4(8)2-5(11)10-7/h2-3H,1H3,(H,12,13)(H3,8,9,10,11)/t3-/m1/s1. The summed E-state index contributed by atoms with van der Waals surface area (Å²) in [6, 6.07) is 1.13. The highest BCUT2D eigenvalue weighted by Crippen LogP contribution is 2.18. The van der Waals surface area contributed by atoms with Crippen LogP contribution in [0.15, 0.2) is 16.0 Å². The normalized spacial score (nSPS) is 12.4. The molecular formula is C7H9N3O3S. The van der Waals surface area contributed by atoms with E-state index in [0.717, 1.165) is 17.8 Å². The molecule has 6 nitrogen and oxygen atoms in total. The maximum atomic E-state index is 10.9. The third-order valence-corrected chi connectivity index (χ3v) is 2.35. The number of carboxylic acids is 1. The topological polar surface area (TPSA) is 109 Å². The van der Waals surface area contributed by atoms with Gasteiger partial charge in [-0.1, -0.05) is 11.8 Å². The van der Waals surface area contributed by atoms with Gasteiger partial charge in [-0.25, -0.2) is 4.98 Å². The van der Waals surface area contributed by atoms with Crippen molar-refractivity contribution in [1.29, 1.82) is 0 Å². The first-order chi connectivity index (χ1) is 6.49. The molecule has 1 heterocycles. The molecule has 0 aliphatic rings. The smallest absolute Gasteiger partial charge is 0.316 e. The number of carboxylic acid groups (broad SMARTS) is 1. The number of nitrogens with zero attached hydrogens (tertiary/aromatic N) is 1. The van der Waals surface area contributed by atoms with Crippen LogP contribution < -0.4 is 11.3 Å². The van der Waals surface area contributed by atoms with Crippen molar-refractivity contribution in [3.05, 3.63) is 16.4 Å². The summed E-state index contributed by atoms with van der Waals surface area (Å²) in [6.07, 6.45) is 0. The molecule has 1 aromatic rings. The van der Waals surface area contributed by atoms with Crippen molar-refractivity contribution in [2.75, 3.05) is 5.73 Å². The van der Waals surface area contributed by atoms with E-state index in [1.807, 2.05) is 0 Å². The molecule has 4 N–H and O–H groups in total. The molecule has 14 heavy (non-hydrogen) atoms. The number of aromatic amines is 1. The molecule has 0 radical (unpaired) electrons. The first kappa shape index (κ1) is 10.6. The Kier molecular flexibility index (Phi) is 3.13. The number of aromatic nitrogens is 2. The molecular weight excluding hydrogens is 206 g/mol. The Balaban J connectivity index is 2.87. The first-order valence-corrected chi connectivity index (χ1v) is 4.63. The molecule has 1 aromatic heterocycles. The fourth-order valence-electron chi connectivity index (χ4n) is 0.727. The average molecular weight is 215 g/mol. The monoisotopic (exact) mass is 215 g/mol. The number of hydrogen-bond acceptors (Lipinski definition) is 5. The lowest BCUT2D eigenvalue weighted by Gasteiger charge is -2.04. The summed E-state index contributed by atoms with van der Waals surface area (Å²) in [4.78, 5) is 27.6. The van der Waals surface area contributed by atoms with Crippen LogP contribution in [0.1, 0.15) is 6.92 Å². The predicted octanol–water partition coefficient (Wildman–Crippen LogP) is -0.0827. The third kappa shape index (κ3) is 2.77. The van der Waals surface area contributed by atoms with Gasteiger partial charge in [-0.05, 0) is 6.92 Å². The summed E-state index contributed by atoms with van der Waals surface area (Å²) in [5.74, 6) is -0.895. The summed E-state index contributed by atoms with van der Waals surface area (Å²) >= 11 is 0.934. The Labute approximate surface area is 83.5 Å². The van der Waals surface area contributed by atoms with Crippen LogP contribution in [0.3, 0.4) is 0 Å². The van der Waals surface area contributed by atoms with E-state index in [1.165, 1.54) is 6.92 Å². The molecule has 0 unspecified atom stereocenters. The lowest BCUT2D eigenvalue weighted by molar-refractivity contribution is -0.136. The van der Waals surface area contributed by atoms with E-state index >= 15 is 0 Å². The number of carbonyl (C=O) groups is 1. The third-order valence-electron chi connectivity index (χ3n) is 1.38. The van der Waals surface area contributed by atoms with Crippen LogP contribution in [0.4, 0.5) is 5.82 Å². The van der Waals surface area contributed by atoms with Crippen LogP contribution in [-0.2, 0) is 4.79 Å². The molecule has 1 atom stereocenters. The van der Waals surface area contributed by atoms with Crippen molar-refractivity contribution < 1.29 is 9.90 Å². The number of nitrogens with one attached hydrogen (secondary N) is 1. The van der Waals surface area contributed by atoms with Gasteiger partial charge < -0.3 is 15.8 Å². The number of nitrogen functional groups attached to an aromatic ring is 1. The van der Waals surface area contributed by atoms with Crippen LogP contribution >= 0.6 is 11.8 Å². The van der Waals surface area contributed by atoms with Gasteiger partial charge in [0, 0.05) is 6.07 Å². The second-order valence-corrected chi connectivity index (χ2v) is 3.90. The first-order valence-electron chi connectivity index (χ1n) is 3.75. The SMILES string of the molecule is C[C@@H](Sc1nc(N)cc(=O)[nH]1)C(=O)O. The van der Waals surface area contributed by atoms with Gasteiger partial charge in [0.05, 0.1) is 0 Å². The molecule has 0 saturated carbocycles. The molecule has 7 heteroatoms. The number of nitrogens with two attached hydrogens (primary N) is 1. The molecule has 0 fully saturated rings. The molecule has 0 amide bonds. The quantitative estimate of drug-likeness (QED) is 0.480. The summed E-state index contributed by atoms with van der Waals surface area (Å²) in [5.41, 5.74) is 4.93. The largest absolute Gasteiger partial charge is 0.480 e. The number of thioether (sulfide) groups is 1. The minimum absolute atomic E-state index is 0.0776. The molecule has 0 spiro atoms. The Bertz CT molecular complexity index is 403. The Morgan fingerprint density at radius 2 is 2.43 bits per heavy atom. The lowest BCUT2D eigenvalue weighted by atomic mass is 10.5. The average Bonchev–Trinajstić information content (AvgIpc) is 2.01. The number of anilines is 1. The molecule has 0 bridgehead atoms. The zero-order chi connectivity index (χ0) is 10.7. The van der Waals surface area contributed by atoms with Gasteiger partial charge in [-0.15, -0.1) is 0 Å². The molecule has 76 valence electrons. The fourth-order valence-corrected chi connectivity index (χ4v) is 1.48. The van der Waals surface area contributed by atoms with Crippen LogP contribution in [0.2, 0.25) is 0 Å². The number of H-pyrrole nitrogens is 1. The van der Waals surface area contributed by atoms with Gasteiger partial charge in [-0.3, -0.25) is 9.59 Å². The van der Waals surface area contributed by atoms with Gasteiger partial charge in [0.25, 0.3) is 5.56 Å². The lowest BCUT2D eigenvalue weighted by Crippen LogP contribution is -2.15. The molecule has 0 aliphatic carbocycles. The Morgan fingerprint density at radius 3 is 2.93 bits per heavy atom. The maximum absolute atomic E-state index is 10.9. The second kappa shape index (κ2) is 4.14.